The minimum Gasteiger partial charge on any atom is -0.493 e. The SMILES string of the molecule is COc1ccccc1OC1OC1COCC1OC1Oc1ccccc1OC. The summed E-state index contributed by atoms with van der Waals surface area (Å²) in [4.78, 5) is 0. The smallest absolute Gasteiger partial charge is 0.229 e. The van der Waals surface area contributed by atoms with E-state index in [2.05, 4.69) is 0 Å². The molecule has 7 heteroatoms. The molecule has 2 fully saturated rings. The predicted molar refractivity (Wildman–Crippen MR) is 95.4 cm³/mol. The van der Waals surface area contributed by atoms with Crippen molar-refractivity contribution in [2.45, 2.75) is 24.8 Å². The van der Waals surface area contributed by atoms with Crippen molar-refractivity contribution in [2.75, 3.05) is 27.4 Å². The van der Waals surface area contributed by atoms with Crippen LogP contribution in [0.1, 0.15) is 0 Å². The molecule has 2 aromatic rings. The topological polar surface area (TPSA) is 71.2 Å². The molecule has 0 aliphatic carbocycles. The fourth-order valence-electron chi connectivity index (χ4n) is 2.68. The van der Waals surface area contributed by atoms with E-state index >= 15 is 0 Å². The highest BCUT2D eigenvalue weighted by Crippen LogP contribution is 2.34. The molecule has 0 radical (unpaired) electrons. The number of benzene rings is 2. The molecule has 0 N–H and O–H groups in total. The van der Waals surface area contributed by atoms with Gasteiger partial charge in [0, 0.05) is 0 Å². The molecule has 0 spiro atoms. The normalized spacial score (nSPS) is 25.6. The van der Waals surface area contributed by atoms with Gasteiger partial charge in [0.2, 0.25) is 12.6 Å². The van der Waals surface area contributed by atoms with E-state index < -0.39 is 0 Å². The van der Waals surface area contributed by atoms with Gasteiger partial charge in [0.15, 0.2) is 23.0 Å². The van der Waals surface area contributed by atoms with Crippen LogP contribution in [0.3, 0.4) is 0 Å². The van der Waals surface area contributed by atoms with Crippen molar-refractivity contribution in [3.63, 3.8) is 0 Å². The molecule has 0 amide bonds. The Morgan fingerprint density at radius 3 is 1.48 bits per heavy atom. The monoisotopic (exact) mass is 374 g/mol. The molecule has 4 atom stereocenters. The van der Waals surface area contributed by atoms with E-state index in [1.807, 2.05) is 48.5 Å². The Balaban J connectivity index is 1.15. The van der Waals surface area contributed by atoms with E-state index in [1.54, 1.807) is 14.2 Å². The van der Waals surface area contributed by atoms with Crippen LogP contribution in [-0.2, 0) is 14.2 Å². The second-order valence-electron chi connectivity index (χ2n) is 6.16. The van der Waals surface area contributed by atoms with E-state index in [0.717, 1.165) is 0 Å². The van der Waals surface area contributed by atoms with Crippen molar-refractivity contribution in [3.8, 4) is 23.0 Å². The molecule has 2 aliphatic rings. The number of rotatable bonds is 10. The second kappa shape index (κ2) is 8.04. The third kappa shape index (κ3) is 4.44. The van der Waals surface area contributed by atoms with Crippen LogP contribution in [0, 0.1) is 0 Å². The van der Waals surface area contributed by atoms with E-state index in [-0.39, 0.29) is 24.8 Å². The molecule has 7 nitrogen and oxygen atoms in total. The zero-order valence-electron chi connectivity index (χ0n) is 15.2. The quantitative estimate of drug-likeness (QED) is 0.592. The number of epoxide rings is 2. The lowest BCUT2D eigenvalue weighted by molar-refractivity contribution is 0.101. The van der Waals surface area contributed by atoms with Crippen molar-refractivity contribution in [2.24, 2.45) is 0 Å². The largest absolute Gasteiger partial charge is 0.493 e. The summed E-state index contributed by atoms with van der Waals surface area (Å²) in [5.74, 6) is 2.66. The van der Waals surface area contributed by atoms with Crippen LogP contribution in [0.15, 0.2) is 48.5 Å². The first kappa shape index (κ1) is 17.9. The highest BCUT2D eigenvalue weighted by Gasteiger charge is 2.45. The maximum Gasteiger partial charge on any atom is 0.229 e. The van der Waals surface area contributed by atoms with Crippen LogP contribution in [0.4, 0.5) is 0 Å². The lowest BCUT2D eigenvalue weighted by Gasteiger charge is -2.08. The van der Waals surface area contributed by atoms with Crippen molar-refractivity contribution in [3.05, 3.63) is 48.5 Å². The Kier molecular flexibility index (Phi) is 5.33. The number of hydrogen-bond donors (Lipinski definition) is 0. The Bertz CT molecular complexity index is 702. The molecular formula is C20H22O7. The molecule has 2 aromatic carbocycles. The van der Waals surface area contributed by atoms with Gasteiger partial charge in [-0.05, 0) is 24.3 Å². The van der Waals surface area contributed by atoms with E-state index in [9.17, 15) is 0 Å². The van der Waals surface area contributed by atoms with Crippen LogP contribution < -0.4 is 18.9 Å². The van der Waals surface area contributed by atoms with Crippen molar-refractivity contribution < 1.29 is 33.2 Å². The molecule has 2 aliphatic heterocycles. The van der Waals surface area contributed by atoms with Crippen molar-refractivity contribution in [1.82, 2.24) is 0 Å². The van der Waals surface area contributed by atoms with Gasteiger partial charge in [-0.15, -0.1) is 0 Å². The summed E-state index contributed by atoms with van der Waals surface area (Å²) < 4.78 is 38.7. The van der Waals surface area contributed by atoms with Crippen LogP contribution in [-0.4, -0.2) is 52.2 Å². The Hall–Kier alpha value is -2.48. The van der Waals surface area contributed by atoms with E-state index in [1.165, 1.54) is 0 Å². The third-order valence-electron chi connectivity index (χ3n) is 4.26. The zero-order chi connectivity index (χ0) is 18.6. The Morgan fingerprint density at radius 1 is 0.667 bits per heavy atom. The fourth-order valence-corrected chi connectivity index (χ4v) is 2.68. The molecule has 0 aromatic heterocycles. The summed E-state index contributed by atoms with van der Waals surface area (Å²) in [6, 6.07) is 14.9. The predicted octanol–water partition coefficient (Wildman–Crippen LogP) is 2.63. The van der Waals surface area contributed by atoms with Gasteiger partial charge < -0.3 is 33.2 Å². The molecule has 4 rings (SSSR count). The van der Waals surface area contributed by atoms with Crippen molar-refractivity contribution in [1.29, 1.82) is 0 Å². The second-order valence-corrected chi connectivity index (χ2v) is 6.16. The summed E-state index contributed by atoms with van der Waals surface area (Å²) >= 11 is 0. The Morgan fingerprint density at radius 2 is 1.07 bits per heavy atom. The Labute approximate surface area is 157 Å². The van der Waals surface area contributed by atoms with Crippen LogP contribution in [0.2, 0.25) is 0 Å². The molecule has 2 heterocycles. The molecule has 144 valence electrons. The molecule has 0 bridgehead atoms. The van der Waals surface area contributed by atoms with E-state index in [0.29, 0.717) is 36.2 Å². The first-order valence-electron chi connectivity index (χ1n) is 8.76. The number of ether oxygens (including phenoxy) is 7. The lowest BCUT2D eigenvalue weighted by Crippen LogP contribution is -2.14. The summed E-state index contributed by atoms with van der Waals surface area (Å²) in [6.07, 6.45) is -0.825. The van der Waals surface area contributed by atoms with Gasteiger partial charge in [0.25, 0.3) is 0 Å². The number of methoxy groups -OCH3 is 2. The molecule has 4 unspecified atom stereocenters. The average molecular weight is 374 g/mol. The van der Waals surface area contributed by atoms with Gasteiger partial charge in [0.05, 0.1) is 27.4 Å². The summed E-state index contributed by atoms with van der Waals surface area (Å²) in [7, 11) is 3.21. The number of para-hydroxylation sites is 4. The van der Waals surface area contributed by atoms with Gasteiger partial charge in [-0.2, -0.15) is 0 Å². The highest BCUT2D eigenvalue weighted by atomic mass is 16.8. The van der Waals surface area contributed by atoms with Crippen LogP contribution in [0.25, 0.3) is 0 Å². The van der Waals surface area contributed by atoms with Gasteiger partial charge in [-0.25, -0.2) is 0 Å². The molecule has 27 heavy (non-hydrogen) atoms. The molecule has 0 saturated carbocycles. The maximum absolute atomic E-state index is 5.76. The molecular weight excluding hydrogens is 352 g/mol. The first-order chi connectivity index (χ1) is 13.3. The highest BCUT2D eigenvalue weighted by molar-refractivity contribution is 5.40. The first-order valence-corrected chi connectivity index (χ1v) is 8.76. The van der Waals surface area contributed by atoms with Crippen LogP contribution >= 0.6 is 0 Å². The van der Waals surface area contributed by atoms with Crippen LogP contribution in [0.5, 0.6) is 23.0 Å². The van der Waals surface area contributed by atoms with E-state index in [4.69, 9.17) is 33.2 Å². The summed E-state index contributed by atoms with van der Waals surface area (Å²) in [6.45, 7) is 0.863. The van der Waals surface area contributed by atoms with Gasteiger partial charge in [0.1, 0.15) is 12.2 Å². The summed E-state index contributed by atoms with van der Waals surface area (Å²) in [5.41, 5.74) is 0. The minimum atomic E-state index is -0.318. The average Bonchev–Trinajstić information content (AvgIpc) is 3.62. The minimum absolute atomic E-state index is 0.0951. The molecule has 2 saturated heterocycles. The fraction of sp³-hybridized carbons (Fsp3) is 0.400. The standard InChI is InChI=1S/C20H22O7/c1-21-13-7-3-5-9-15(13)24-19-17(26-19)11-23-12-18-20(27-18)25-16-10-6-4-8-14(16)22-2/h3-10,17-20H,11-12H2,1-2H3. The van der Waals surface area contributed by atoms with Crippen molar-refractivity contribution >= 4 is 0 Å². The maximum atomic E-state index is 5.76. The summed E-state index contributed by atoms with van der Waals surface area (Å²) in [5, 5.41) is 0. The van der Waals surface area contributed by atoms with Gasteiger partial charge >= 0.3 is 0 Å². The lowest BCUT2D eigenvalue weighted by atomic mass is 10.3. The zero-order valence-corrected chi connectivity index (χ0v) is 15.2. The van der Waals surface area contributed by atoms with Gasteiger partial charge in [-0.3, -0.25) is 0 Å². The number of hydrogen-bond acceptors (Lipinski definition) is 7. The van der Waals surface area contributed by atoms with Gasteiger partial charge in [-0.1, -0.05) is 24.3 Å². The third-order valence-corrected chi connectivity index (χ3v) is 4.26.